The fraction of sp³-hybridized carbons (Fsp3) is 0.667. The molecule has 11 heteroatoms. The van der Waals surface area contributed by atoms with E-state index in [0.717, 1.165) is 0 Å². The molecule has 0 aromatic carbocycles. The van der Waals surface area contributed by atoms with Crippen molar-refractivity contribution in [2.45, 2.75) is 37.4 Å². The number of methoxy groups -OCH3 is 1. The normalized spacial score (nSPS) is 28.7. The van der Waals surface area contributed by atoms with Crippen molar-refractivity contribution in [2.75, 3.05) is 32.7 Å². The lowest BCUT2D eigenvalue weighted by Gasteiger charge is -2.27. The molecule has 0 amide bonds. The van der Waals surface area contributed by atoms with E-state index in [1.165, 1.54) is 17.8 Å². The predicted octanol–water partition coefficient (Wildman–Crippen LogP) is -1.17. The molecule has 4 atom stereocenters. The number of ether oxygens (including phenoxy) is 3. The Morgan fingerprint density at radius 2 is 2.15 bits per heavy atom. The third kappa shape index (κ3) is 3.19. The van der Waals surface area contributed by atoms with E-state index in [0.29, 0.717) is 25.2 Å². The van der Waals surface area contributed by atoms with E-state index in [4.69, 9.17) is 19.9 Å². The van der Waals surface area contributed by atoms with Gasteiger partial charge in [0.05, 0.1) is 19.5 Å². The second-order valence-electron chi connectivity index (χ2n) is 6.29. The van der Waals surface area contributed by atoms with Crippen molar-refractivity contribution in [3.63, 3.8) is 0 Å². The Morgan fingerprint density at radius 3 is 2.81 bits per heavy atom. The summed E-state index contributed by atoms with van der Waals surface area (Å²) in [5, 5.41) is 30.1. The van der Waals surface area contributed by atoms with Crippen LogP contribution in [-0.4, -0.2) is 79.6 Å². The molecule has 3 rings (SSSR count). The molecule has 3 heterocycles. The van der Waals surface area contributed by atoms with Crippen LogP contribution in [0.1, 0.15) is 19.6 Å². The molecule has 5 N–H and O–H groups in total. The number of nitrogens with two attached hydrogens (primary N) is 1. The number of fused-ring (bicyclic) bond motifs is 1. The number of nitrogens with zero attached hydrogens (tertiary/aromatic N) is 4. The Bertz CT molecular complexity index is 766. The molecule has 1 aliphatic heterocycles. The number of nitrogen functional groups attached to an aromatic ring is 1. The van der Waals surface area contributed by atoms with Crippen LogP contribution < -0.4 is 10.5 Å². The van der Waals surface area contributed by atoms with Gasteiger partial charge < -0.3 is 35.3 Å². The first-order valence-corrected chi connectivity index (χ1v) is 8.18. The first kappa shape index (κ1) is 18.7. The van der Waals surface area contributed by atoms with Gasteiger partial charge in [-0.1, -0.05) is 0 Å². The van der Waals surface area contributed by atoms with Gasteiger partial charge in [0, 0.05) is 20.1 Å². The van der Waals surface area contributed by atoms with Crippen molar-refractivity contribution >= 4 is 17.1 Å². The van der Waals surface area contributed by atoms with Crippen molar-refractivity contribution in [2.24, 2.45) is 0 Å². The van der Waals surface area contributed by atoms with E-state index >= 15 is 0 Å². The number of rotatable bonds is 7. The zero-order chi connectivity index (χ0) is 18.9. The molecule has 11 nitrogen and oxygen atoms in total. The summed E-state index contributed by atoms with van der Waals surface area (Å²) in [4.78, 5) is 12.4. The minimum atomic E-state index is -1.67. The standard InChI is InChI=1S/C15H23N5O6/c1-15(23)10(22)8(6-21)26-13(15)20-7-17-9-11(20)18-14(16)19-12(9)25-5-3-4-24-2/h7-8,10,13,21-23H,3-6H2,1-2H3,(H2,16,18,19)/t8-,10-,13-,15-/m1/s1. The largest absolute Gasteiger partial charge is 0.476 e. The van der Waals surface area contributed by atoms with Gasteiger partial charge in [0.2, 0.25) is 11.8 Å². The number of anilines is 1. The fourth-order valence-corrected chi connectivity index (χ4v) is 2.94. The van der Waals surface area contributed by atoms with E-state index in [1.54, 1.807) is 7.11 Å². The molecular formula is C15H23N5O6. The smallest absolute Gasteiger partial charge is 0.247 e. The molecule has 1 saturated heterocycles. The minimum absolute atomic E-state index is 0.0297. The number of aliphatic hydroxyl groups is 3. The maximum atomic E-state index is 10.6. The van der Waals surface area contributed by atoms with Crippen LogP contribution in [0.25, 0.3) is 11.2 Å². The Hall–Kier alpha value is -2.05. The van der Waals surface area contributed by atoms with E-state index in [1.807, 2.05) is 0 Å². The zero-order valence-corrected chi connectivity index (χ0v) is 14.6. The zero-order valence-electron chi connectivity index (χ0n) is 14.6. The van der Waals surface area contributed by atoms with Crippen molar-refractivity contribution in [3.05, 3.63) is 6.33 Å². The average molecular weight is 369 g/mol. The lowest BCUT2D eigenvalue weighted by Crippen LogP contribution is -2.44. The van der Waals surface area contributed by atoms with E-state index in [-0.39, 0.29) is 17.5 Å². The van der Waals surface area contributed by atoms with Crippen LogP contribution in [0.2, 0.25) is 0 Å². The lowest BCUT2D eigenvalue weighted by molar-refractivity contribution is -0.0950. The van der Waals surface area contributed by atoms with Crippen LogP contribution in [0.5, 0.6) is 5.88 Å². The van der Waals surface area contributed by atoms with Gasteiger partial charge in [-0.05, 0) is 6.92 Å². The average Bonchev–Trinajstić information content (AvgIpc) is 3.11. The van der Waals surface area contributed by atoms with Gasteiger partial charge >= 0.3 is 0 Å². The van der Waals surface area contributed by atoms with Crippen LogP contribution in [0.15, 0.2) is 6.33 Å². The van der Waals surface area contributed by atoms with Crippen molar-refractivity contribution < 1.29 is 29.5 Å². The van der Waals surface area contributed by atoms with Crippen LogP contribution in [0.3, 0.4) is 0 Å². The summed E-state index contributed by atoms with van der Waals surface area (Å²) < 4.78 is 17.6. The molecule has 0 aliphatic carbocycles. The Labute approximate surface area is 149 Å². The Morgan fingerprint density at radius 1 is 1.38 bits per heavy atom. The van der Waals surface area contributed by atoms with Crippen LogP contribution in [-0.2, 0) is 9.47 Å². The van der Waals surface area contributed by atoms with E-state index in [9.17, 15) is 15.3 Å². The van der Waals surface area contributed by atoms with Crippen molar-refractivity contribution in [1.82, 2.24) is 19.5 Å². The summed E-state index contributed by atoms with van der Waals surface area (Å²) in [6.07, 6.45) is -1.18. The van der Waals surface area contributed by atoms with Gasteiger partial charge in [0.15, 0.2) is 17.4 Å². The molecule has 2 aromatic rings. The molecule has 0 unspecified atom stereocenters. The second kappa shape index (κ2) is 7.29. The first-order chi connectivity index (χ1) is 12.4. The highest BCUT2D eigenvalue weighted by Gasteiger charge is 2.53. The summed E-state index contributed by atoms with van der Waals surface area (Å²) in [7, 11) is 1.60. The molecule has 1 aliphatic rings. The van der Waals surface area contributed by atoms with Gasteiger partial charge in [0.1, 0.15) is 17.8 Å². The van der Waals surface area contributed by atoms with Gasteiger partial charge in [-0.25, -0.2) is 4.98 Å². The lowest BCUT2D eigenvalue weighted by atomic mass is 9.96. The molecule has 0 bridgehead atoms. The van der Waals surface area contributed by atoms with Crippen LogP contribution in [0, 0.1) is 0 Å². The minimum Gasteiger partial charge on any atom is -0.476 e. The number of hydrogen-bond donors (Lipinski definition) is 4. The van der Waals surface area contributed by atoms with Crippen molar-refractivity contribution in [3.8, 4) is 5.88 Å². The molecule has 2 aromatic heterocycles. The number of imidazole rings is 1. The monoisotopic (exact) mass is 369 g/mol. The van der Waals surface area contributed by atoms with Crippen LogP contribution in [0.4, 0.5) is 5.95 Å². The predicted molar refractivity (Wildman–Crippen MR) is 89.3 cm³/mol. The summed E-state index contributed by atoms with van der Waals surface area (Å²) >= 11 is 0. The highest BCUT2D eigenvalue weighted by molar-refractivity contribution is 5.77. The quantitative estimate of drug-likeness (QED) is 0.438. The van der Waals surface area contributed by atoms with Gasteiger partial charge in [-0.3, -0.25) is 4.57 Å². The van der Waals surface area contributed by atoms with Crippen molar-refractivity contribution in [1.29, 1.82) is 0 Å². The molecule has 0 saturated carbocycles. The van der Waals surface area contributed by atoms with Gasteiger partial charge in [-0.2, -0.15) is 9.97 Å². The molecule has 1 fully saturated rings. The number of aliphatic hydroxyl groups excluding tert-OH is 2. The third-order valence-electron chi connectivity index (χ3n) is 4.33. The summed E-state index contributed by atoms with van der Waals surface area (Å²) in [5.74, 6) is 0.178. The maximum Gasteiger partial charge on any atom is 0.247 e. The summed E-state index contributed by atoms with van der Waals surface area (Å²) in [5.41, 5.74) is 4.74. The molecular weight excluding hydrogens is 346 g/mol. The fourth-order valence-electron chi connectivity index (χ4n) is 2.94. The molecule has 0 radical (unpaired) electrons. The molecule has 0 spiro atoms. The highest BCUT2D eigenvalue weighted by atomic mass is 16.6. The maximum absolute atomic E-state index is 10.6. The van der Waals surface area contributed by atoms with Gasteiger partial charge in [-0.15, -0.1) is 0 Å². The first-order valence-electron chi connectivity index (χ1n) is 8.18. The SMILES string of the molecule is COCCCOc1nc(N)nc2c1ncn2[C@@H]1O[C@H](CO)[C@@H](O)[C@@]1(C)O. The topological polar surface area (TPSA) is 158 Å². The summed E-state index contributed by atoms with van der Waals surface area (Å²) in [6, 6.07) is 0. The van der Waals surface area contributed by atoms with E-state index < -0.39 is 30.6 Å². The summed E-state index contributed by atoms with van der Waals surface area (Å²) in [6.45, 7) is 1.87. The van der Waals surface area contributed by atoms with E-state index in [2.05, 4.69) is 15.0 Å². The Balaban J connectivity index is 1.95. The van der Waals surface area contributed by atoms with Crippen LogP contribution >= 0.6 is 0 Å². The second-order valence-corrected chi connectivity index (χ2v) is 6.29. The highest BCUT2D eigenvalue weighted by Crippen LogP contribution is 2.39. The number of hydrogen-bond acceptors (Lipinski definition) is 10. The number of aromatic nitrogens is 4. The molecule has 26 heavy (non-hydrogen) atoms. The Kier molecular flexibility index (Phi) is 5.25. The third-order valence-corrected chi connectivity index (χ3v) is 4.33. The van der Waals surface area contributed by atoms with Gasteiger partial charge in [0.25, 0.3) is 0 Å². The molecule has 144 valence electrons.